The lowest BCUT2D eigenvalue weighted by molar-refractivity contribution is -0.161. The second-order valence-electron chi connectivity index (χ2n) is 12.1. The highest BCUT2D eigenvalue weighted by Gasteiger charge is 2.35. The van der Waals surface area contributed by atoms with Crippen molar-refractivity contribution in [2.75, 3.05) is 13.2 Å². The van der Waals surface area contributed by atoms with Crippen LogP contribution in [0.3, 0.4) is 0 Å². The van der Waals surface area contributed by atoms with E-state index in [0.29, 0.717) is 25.0 Å². The maximum absolute atomic E-state index is 12.1. The summed E-state index contributed by atoms with van der Waals surface area (Å²) in [4.78, 5) is 24.1. The quantitative estimate of drug-likeness (QED) is 0.0424. The highest BCUT2D eigenvalue weighted by atomic mass is 16.6. The molecule has 242 valence electrons. The molecule has 1 aliphatic heterocycles. The van der Waals surface area contributed by atoms with Crippen molar-refractivity contribution in [3.8, 4) is 0 Å². The van der Waals surface area contributed by atoms with Crippen LogP contribution in [0.15, 0.2) is 36.5 Å². The number of carbonyl (C=O) groups excluding carboxylic acids is 2. The number of epoxide rings is 1. The standard InChI is InChI=1S/C36H62O6/c1-4-5-6-7-15-20-25-33-34(42-33)26-21-16-11-9-13-18-23-28-36(39)41-32(29-37)30-40-35(38)27-22-17-12-8-10-14-19-24-31(2)3/h9,13,15-16,20-21,31-34,37H,4-8,10-12,14,17-19,22-30H2,1-3H3/b13-9-,20-15-,21-16-/t32-,33?,34?/m0/s1. The van der Waals surface area contributed by atoms with E-state index in [4.69, 9.17) is 14.2 Å². The largest absolute Gasteiger partial charge is 0.462 e. The molecule has 0 spiro atoms. The third-order valence-electron chi connectivity index (χ3n) is 7.52. The molecular weight excluding hydrogens is 528 g/mol. The van der Waals surface area contributed by atoms with Crippen LogP contribution in [0.25, 0.3) is 0 Å². The molecule has 6 nitrogen and oxygen atoms in total. The van der Waals surface area contributed by atoms with Gasteiger partial charge in [-0.15, -0.1) is 0 Å². The number of unbranched alkanes of at least 4 members (excludes halogenated alkanes) is 10. The number of carbonyl (C=O) groups is 2. The Morgan fingerprint density at radius 2 is 1.33 bits per heavy atom. The van der Waals surface area contributed by atoms with Gasteiger partial charge >= 0.3 is 11.9 Å². The van der Waals surface area contributed by atoms with Crippen molar-refractivity contribution in [3.05, 3.63) is 36.5 Å². The number of esters is 2. The van der Waals surface area contributed by atoms with E-state index in [1.54, 1.807) is 0 Å². The first kappa shape index (κ1) is 38.1. The summed E-state index contributed by atoms with van der Waals surface area (Å²) >= 11 is 0. The Kier molecular flexibility index (Phi) is 24.2. The van der Waals surface area contributed by atoms with Gasteiger partial charge < -0.3 is 19.3 Å². The number of rotatable bonds is 28. The average molecular weight is 591 g/mol. The lowest BCUT2D eigenvalue weighted by Gasteiger charge is -2.15. The second-order valence-corrected chi connectivity index (χ2v) is 12.1. The van der Waals surface area contributed by atoms with Crippen LogP contribution < -0.4 is 0 Å². The van der Waals surface area contributed by atoms with Gasteiger partial charge in [-0.1, -0.05) is 115 Å². The van der Waals surface area contributed by atoms with Crippen molar-refractivity contribution in [3.63, 3.8) is 0 Å². The molecule has 1 heterocycles. The van der Waals surface area contributed by atoms with Crippen molar-refractivity contribution in [1.29, 1.82) is 0 Å². The maximum atomic E-state index is 12.1. The molecule has 1 saturated heterocycles. The number of hydrogen-bond donors (Lipinski definition) is 1. The summed E-state index contributed by atoms with van der Waals surface area (Å²) in [6.45, 7) is 6.31. The molecule has 6 heteroatoms. The van der Waals surface area contributed by atoms with Crippen LogP contribution >= 0.6 is 0 Å². The van der Waals surface area contributed by atoms with Gasteiger partial charge in [0.1, 0.15) is 6.61 Å². The maximum Gasteiger partial charge on any atom is 0.306 e. The third-order valence-corrected chi connectivity index (χ3v) is 7.52. The van der Waals surface area contributed by atoms with E-state index < -0.39 is 6.10 Å². The lowest BCUT2D eigenvalue weighted by Crippen LogP contribution is -2.28. The molecule has 0 aliphatic carbocycles. The molecule has 3 atom stereocenters. The molecular formula is C36H62O6. The van der Waals surface area contributed by atoms with Gasteiger partial charge in [-0.25, -0.2) is 0 Å². The van der Waals surface area contributed by atoms with Crippen molar-refractivity contribution in [2.24, 2.45) is 5.92 Å². The van der Waals surface area contributed by atoms with Gasteiger partial charge in [-0.3, -0.25) is 9.59 Å². The molecule has 0 radical (unpaired) electrons. The lowest BCUT2D eigenvalue weighted by atomic mass is 10.0. The van der Waals surface area contributed by atoms with Crippen LogP contribution in [0, 0.1) is 5.92 Å². The van der Waals surface area contributed by atoms with Gasteiger partial charge in [0.2, 0.25) is 0 Å². The van der Waals surface area contributed by atoms with Gasteiger partial charge in [-0.2, -0.15) is 0 Å². The molecule has 1 aliphatic rings. The fraction of sp³-hybridized carbons (Fsp3) is 0.778. The number of aliphatic hydroxyl groups excluding tert-OH is 1. The van der Waals surface area contributed by atoms with E-state index in [0.717, 1.165) is 50.9 Å². The topological polar surface area (TPSA) is 85.4 Å². The number of aliphatic hydroxyl groups is 1. The van der Waals surface area contributed by atoms with E-state index in [1.165, 1.54) is 57.8 Å². The van der Waals surface area contributed by atoms with Gasteiger partial charge in [0.05, 0.1) is 18.8 Å². The predicted molar refractivity (Wildman–Crippen MR) is 172 cm³/mol. The highest BCUT2D eigenvalue weighted by molar-refractivity contribution is 5.70. The minimum atomic E-state index is -0.801. The third kappa shape index (κ3) is 23.6. The molecule has 1 rings (SSSR count). The Morgan fingerprint density at radius 3 is 2.02 bits per heavy atom. The Bertz CT molecular complexity index is 756. The number of allylic oxidation sites excluding steroid dienone is 4. The fourth-order valence-electron chi connectivity index (χ4n) is 4.77. The summed E-state index contributed by atoms with van der Waals surface area (Å²) in [6, 6.07) is 0. The molecule has 0 aromatic rings. The number of hydrogen-bond acceptors (Lipinski definition) is 6. The van der Waals surface area contributed by atoms with Crippen LogP contribution in [0.4, 0.5) is 0 Å². The van der Waals surface area contributed by atoms with Crippen LogP contribution in [0.1, 0.15) is 143 Å². The summed E-state index contributed by atoms with van der Waals surface area (Å²) in [7, 11) is 0. The van der Waals surface area contributed by atoms with E-state index in [-0.39, 0.29) is 31.6 Å². The summed E-state index contributed by atoms with van der Waals surface area (Å²) in [5.41, 5.74) is 0. The summed E-state index contributed by atoms with van der Waals surface area (Å²) in [5, 5.41) is 9.50. The second kappa shape index (κ2) is 26.7. The first-order valence-corrected chi connectivity index (χ1v) is 17.0. The molecule has 2 unspecified atom stereocenters. The highest BCUT2D eigenvalue weighted by Crippen LogP contribution is 2.29. The zero-order valence-electron chi connectivity index (χ0n) is 27.1. The van der Waals surface area contributed by atoms with E-state index in [9.17, 15) is 14.7 Å². The van der Waals surface area contributed by atoms with Crippen LogP contribution in [-0.4, -0.2) is 48.6 Å². The first-order valence-electron chi connectivity index (χ1n) is 17.0. The van der Waals surface area contributed by atoms with Crippen molar-refractivity contribution < 1.29 is 28.9 Å². The van der Waals surface area contributed by atoms with E-state index in [2.05, 4.69) is 57.2 Å². The summed E-state index contributed by atoms with van der Waals surface area (Å²) < 4.78 is 16.2. The van der Waals surface area contributed by atoms with Crippen molar-refractivity contribution in [2.45, 2.75) is 161 Å². The molecule has 1 fully saturated rings. The molecule has 0 bridgehead atoms. The zero-order chi connectivity index (χ0) is 30.7. The smallest absolute Gasteiger partial charge is 0.306 e. The molecule has 1 N–H and O–H groups in total. The van der Waals surface area contributed by atoms with Crippen molar-refractivity contribution >= 4 is 11.9 Å². The molecule has 42 heavy (non-hydrogen) atoms. The van der Waals surface area contributed by atoms with Crippen LogP contribution in [0.2, 0.25) is 0 Å². The Labute approximate surface area is 257 Å². The Balaban J connectivity index is 1.97. The van der Waals surface area contributed by atoms with Gasteiger partial charge in [0.15, 0.2) is 6.10 Å². The molecule has 0 saturated carbocycles. The predicted octanol–water partition coefficient (Wildman–Crippen LogP) is 8.96. The van der Waals surface area contributed by atoms with Crippen molar-refractivity contribution in [1.82, 2.24) is 0 Å². The molecule has 0 aromatic carbocycles. The van der Waals surface area contributed by atoms with E-state index >= 15 is 0 Å². The van der Waals surface area contributed by atoms with Crippen LogP contribution in [-0.2, 0) is 23.8 Å². The minimum absolute atomic E-state index is 0.0917. The van der Waals surface area contributed by atoms with Crippen LogP contribution in [0.5, 0.6) is 0 Å². The number of ether oxygens (including phenoxy) is 3. The van der Waals surface area contributed by atoms with Gasteiger partial charge in [0, 0.05) is 12.8 Å². The minimum Gasteiger partial charge on any atom is -0.462 e. The molecule has 0 amide bonds. The van der Waals surface area contributed by atoms with E-state index in [1.807, 2.05) is 0 Å². The monoisotopic (exact) mass is 590 g/mol. The fourth-order valence-corrected chi connectivity index (χ4v) is 4.77. The zero-order valence-corrected chi connectivity index (χ0v) is 27.1. The first-order chi connectivity index (χ1) is 20.5. The van der Waals surface area contributed by atoms with Gasteiger partial charge in [-0.05, 0) is 57.3 Å². The summed E-state index contributed by atoms with van der Waals surface area (Å²) in [6.07, 6.45) is 32.4. The Morgan fingerprint density at radius 1 is 0.738 bits per heavy atom. The average Bonchev–Trinajstić information content (AvgIpc) is 3.72. The SMILES string of the molecule is CCCCC/C=C\CC1OC1C/C=C\C/C=C\CCCC(=O)O[C@@H](CO)COC(=O)CCCCCCCCCC(C)C. The molecule has 0 aromatic heterocycles. The Hall–Kier alpha value is -1.92. The van der Waals surface area contributed by atoms with Gasteiger partial charge in [0.25, 0.3) is 0 Å². The normalized spacial score (nSPS) is 17.5. The summed E-state index contributed by atoms with van der Waals surface area (Å²) in [5.74, 6) is 0.118.